The lowest BCUT2D eigenvalue weighted by Gasteiger charge is -2.28. The summed E-state index contributed by atoms with van der Waals surface area (Å²) in [7, 11) is -3.83. The third-order valence-corrected chi connectivity index (χ3v) is 6.96. The SMILES string of the molecule is CC(C)CCN1C(=O)C(C)(C)COc2ccc(NS(=O)(=O)c3ccc(OCC(C)C)cc3)cc21. The first-order valence-electron chi connectivity index (χ1n) is 11.7. The third-order valence-electron chi connectivity index (χ3n) is 5.56. The van der Waals surface area contributed by atoms with Crippen molar-refractivity contribution in [2.45, 2.75) is 52.9 Å². The molecule has 1 N–H and O–H groups in total. The summed E-state index contributed by atoms with van der Waals surface area (Å²) >= 11 is 0. The van der Waals surface area contributed by atoms with Crippen LogP contribution in [0.5, 0.6) is 11.5 Å². The fourth-order valence-electron chi connectivity index (χ4n) is 3.51. The molecule has 34 heavy (non-hydrogen) atoms. The van der Waals surface area contributed by atoms with Gasteiger partial charge < -0.3 is 14.4 Å². The molecule has 0 unspecified atom stereocenters. The molecule has 2 aromatic carbocycles. The van der Waals surface area contributed by atoms with Crippen molar-refractivity contribution in [2.75, 3.05) is 29.4 Å². The lowest BCUT2D eigenvalue weighted by molar-refractivity contribution is -0.127. The van der Waals surface area contributed by atoms with Crippen molar-refractivity contribution in [3.8, 4) is 11.5 Å². The first kappa shape index (κ1) is 25.9. The summed E-state index contributed by atoms with van der Waals surface area (Å²) in [6, 6.07) is 11.4. The molecule has 1 aliphatic heterocycles. The first-order chi connectivity index (χ1) is 15.9. The van der Waals surface area contributed by atoms with Crippen LogP contribution < -0.4 is 19.1 Å². The highest BCUT2D eigenvalue weighted by Gasteiger charge is 2.37. The summed E-state index contributed by atoms with van der Waals surface area (Å²) < 4.78 is 40.2. The Morgan fingerprint density at radius 1 is 1.06 bits per heavy atom. The molecule has 0 aliphatic carbocycles. The van der Waals surface area contributed by atoms with Crippen LogP contribution in [0.3, 0.4) is 0 Å². The van der Waals surface area contributed by atoms with Crippen LogP contribution in [-0.4, -0.2) is 34.1 Å². The van der Waals surface area contributed by atoms with Gasteiger partial charge in [-0.15, -0.1) is 0 Å². The maximum Gasteiger partial charge on any atom is 0.261 e. The summed E-state index contributed by atoms with van der Waals surface area (Å²) in [6.07, 6.45) is 0.822. The largest absolute Gasteiger partial charge is 0.493 e. The molecular formula is C26H36N2O5S. The van der Waals surface area contributed by atoms with Crippen molar-refractivity contribution >= 4 is 27.3 Å². The Balaban J connectivity index is 1.86. The first-order valence-corrected chi connectivity index (χ1v) is 13.2. The number of nitrogens with one attached hydrogen (secondary N) is 1. The van der Waals surface area contributed by atoms with Crippen LogP contribution in [0.1, 0.15) is 48.0 Å². The molecule has 186 valence electrons. The molecule has 3 rings (SSSR count). The highest BCUT2D eigenvalue weighted by molar-refractivity contribution is 7.92. The lowest BCUT2D eigenvalue weighted by Crippen LogP contribution is -2.42. The number of benzene rings is 2. The summed E-state index contributed by atoms with van der Waals surface area (Å²) in [5.74, 6) is 1.94. The summed E-state index contributed by atoms with van der Waals surface area (Å²) in [5, 5.41) is 0. The topological polar surface area (TPSA) is 84.9 Å². The fraction of sp³-hybridized carbons (Fsp3) is 0.500. The van der Waals surface area contributed by atoms with Crippen molar-refractivity contribution < 1.29 is 22.7 Å². The molecular weight excluding hydrogens is 452 g/mol. The highest BCUT2D eigenvalue weighted by atomic mass is 32.2. The number of amides is 1. The molecule has 0 aromatic heterocycles. The van der Waals surface area contributed by atoms with E-state index >= 15 is 0 Å². The number of nitrogens with zero attached hydrogens (tertiary/aromatic N) is 1. The smallest absolute Gasteiger partial charge is 0.261 e. The second-order valence-electron chi connectivity index (χ2n) is 10.3. The van der Waals surface area contributed by atoms with Crippen LogP contribution >= 0.6 is 0 Å². The number of ether oxygens (including phenoxy) is 2. The average Bonchev–Trinajstić information content (AvgIpc) is 2.85. The van der Waals surface area contributed by atoms with Crippen molar-refractivity contribution in [3.63, 3.8) is 0 Å². The lowest BCUT2D eigenvalue weighted by atomic mass is 9.92. The van der Waals surface area contributed by atoms with Crippen molar-refractivity contribution in [1.29, 1.82) is 0 Å². The predicted molar refractivity (Wildman–Crippen MR) is 135 cm³/mol. The minimum absolute atomic E-state index is 0.0381. The van der Waals surface area contributed by atoms with E-state index in [1.807, 2.05) is 27.7 Å². The molecule has 8 heteroatoms. The molecule has 0 atom stereocenters. The Kier molecular flexibility index (Phi) is 7.81. The molecule has 0 radical (unpaired) electrons. The van der Waals surface area contributed by atoms with E-state index in [2.05, 4.69) is 18.6 Å². The molecule has 1 aliphatic rings. The van der Waals surface area contributed by atoms with Crippen LogP contribution in [-0.2, 0) is 14.8 Å². The number of carbonyl (C=O) groups is 1. The number of rotatable bonds is 9. The van der Waals surface area contributed by atoms with E-state index in [9.17, 15) is 13.2 Å². The van der Waals surface area contributed by atoms with Gasteiger partial charge in [-0.3, -0.25) is 9.52 Å². The predicted octanol–water partition coefficient (Wildman–Crippen LogP) is 5.32. The van der Waals surface area contributed by atoms with Gasteiger partial charge in [0.1, 0.15) is 18.1 Å². The zero-order chi connectivity index (χ0) is 25.1. The van der Waals surface area contributed by atoms with E-state index in [1.54, 1.807) is 35.2 Å². The minimum Gasteiger partial charge on any atom is -0.493 e. The minimum atomic E-state index is -3.83. The number of hydrogen-bond acceptors (Lipinski definition) is 5. The Labute approximate surface area is 203 Å². The van der Waals surface area contributed by atoms with E-state index in [-0.39, 0.29) is 17.4 Å². The number of anilines is 2. The van der Waals surface area contributed by atoms with E-state index in [1.165, 1.54) is 12.1 Å². The quantitative estimate of drug-likeness (QED) is 0.516. The van der Waals surface area contributed by atoms with Gasteiger partial charge in [-0.05, 0) is 74.6 Å². The van der Waals surface area contributed by atoms with Crippen LogP contribution in [0.2, 0.25) is 0 Å². The second kappa shape index (κ2) is 10.3. The van der Waals surface area contributed by atoms with Gasteiger partial charge in [0, 0.05) is 6.54 Å². The van der Waals surface area contributed by atoms with Gasteiger partial charge in [0.25, 0.3) is 10.0 Å². The van der Waals surface area contributed by atoms with Gasteiger partial charge in [0.15, 0.2) is 0 Å². The van der Waals surface area contributed by atoms with E-state index in [0.717, 1.165) is 6.42 Å². The van der Waals surface area contributed by atoms with Crippen LogP contribution in [0.15, 0.2) is 47.4 Å². The van der Waals surface area contributed by atoms with Crippen LogP contribution in [0, 0.1) is 17.3 Å². The molecule has 1 heterocycles. The Hall–Kier alpha value is -2.74. The maximum absolute atomic E-state index is 13.3. The molecule has 1 amide bonds. The molecule has 0 bridgehead atoms. The molecule has 0 fully saturated rings. The van der Waals surface area contributed by atoms with Gasteiger partial charge in [-0.2, -0.15) is 0 Å². The number of sulfonamides is 1. The Morgan fingerprint density at radius 3 is 2.35 bits per heavy atom. The Bertz CT molecular complexity index is 1110. The standard InChI is InChI=1S/C26H36N2O5S/c1-18(2)13-14-28-23-15-20(7-12-24(23)33-17-26(5,6)25(28)29)27-34(30,31)22-10-8-21(9-11-22)32-16-19(3)4/h7-12,15,18-19,27H,13-14,16-17H2,1-6H3. The van der Waals surface area contributed by atoms with Crippen molar-refractivity contribution in [1.82, 2.24) is 0 Å². The highest BCUT2D eigenvalue weighted by Crippen LogP contribution is 2.39. The molecule has 7 nitrogen and oxygen atoms in total. The third kappa shape index (κ3) is 6.23. The second-order valence-corrected chi connectivity index (χ2v) is 12.0. The molecule has 0 saturated heterocycles. The number of fused-ring (bicyclic) bond motifs is 1. The van der Waals surface area contributed by atoms with Crippen molar-refractivity contribution in [2.24, 2.45) is 17.3 Å². The number of hydrogen-bond donors (Lipinski definition) is 1. The number of carbonyl (C=O) groups excluding carboxylic acids is 1. The average molecular weight is 489 g/mol. The van der Waals surface area contributed by atoms with Crippen LogP contribution in [0.25, 0.3) is 0 Å². The molecule has 0 spiro atoms. The monoisotopic (exact) mass is 488 g/mol. The fourth-order valence-corrected chi connectivity index (χ4v) is 4.56. The maximum atomic E-state index is 13.3. The van der Waals surface area contributed by atoms with Gasteiger partial charge in [0.05, 0.1) is 28.3 Å². The van der Waals surface area contributed by atoms with Crippen molar-refractivity contribution in [3.05, 3.63) is 42.5 Å². The van der Waals surface area contributed by atoms with Gasteiger partial charge in [-0.1, -0.05) is 27.7 Å². The molecule has 2 aromatic rings. The van der Waals surface area contributed by atoms with E-state index < -0.39 is 15.4 Å². The zero-order valence-electron chi connectivity index (χ0n) is 20.9. The molecule has 0 saturated carbocycles. The zero-order valence-corrected chi connectivity index (χ0v) is 21.7. The van der Waals surface area contributed by atoms with E-state index in [0.29, 0.717) is 47.9 Å². The normalized spacial score (nSPS) is 15.6. The van der Waals surface area contributed by atoms with Gasteiger partial charge in [-0.25, -0.2) is 8.42 Å². The Morgan fingerprint density at radius 2 is 1.74 bits per heavy atom. The van der Waals surface area contributed by atoms with E-state index in [4.69, 9.17) is 9.47 Å². The van der Waals surface area contributed by atoms with Gasteiger partial charge in [0.2, 0.25) is 5.91 Å². The van der Waals surface area contributed by atoms with Crippen LogP contribution in [0.4, 0.5) is 11.4 Å². The summed E-state index contributed by atoms with van der Waals surface area (Å²) in [5.41, 5.74) is 0.257. The summed E-state index contributed by atoms with van der Waals surface area (Å²) in [6.45, 7) is 13.4. The van der Waals surface area contributed by atoms with Gasteiger partial charge >= 0.3 is 0 Å². The summed E-state index contributed by atoms with van der Waals surface area (Å²) in [4.78, 5) is 15.1.